The van der Waals surface area contributed by atoms with E-state index in [1.807, 2.05) is 6.08 Å². The van der Waals surface area contributed by atoms with E-state index in [4.69, 9.17) is 0 Å². The van der Waals surface area contributed by atoms with Crippen LogP contribution in [0, 0.1) is 29.1 Å². The molecule has 0 aliphatic heterocycles. The van der Waals surface area contributed by atoms with Gasteiger partial charge in [-0.05, 0) is 92.4 Å². The average Bonchev–Trinajstić information content (AvgIpc) is 2.90. The summed E-state index contributed by atoms with van der Waals surface area (Å²) >= 11 is 0. The van der Waals surface area contributed by atoms with Gasteiger partial charge in [0.2, 0.25) is 0 Å². The molecular weight excluding hydrogens is 296 g/mol. The molecule has 0 heterocycles. The van der Waals surface area contributed by atoms with Gasteiger partial charge in [0, 0.05) is 0 Å². The molecular formula is C22H36O2. The smallest absolute Gasteiger partial charge is 0.0889 e. The van der Waals surface area contributed by atoms with Gasteiger partial charge in [-0.1, -0.05) is 32.8 Å². The van der Waals surface area contributed by atoms with E-state index >= 15 is 0 Å². The van der Waals surface area contributed by atoms with E-state index in [9.17, 15) is 10.2 Å². The summed E-state index contributed by atoms with van der Waals surface area (Å²) in [6, 6.07) is 0. The van der Waals surface area contributed by atoms with Crippen LogP contribution in [0.4, 0.5) is 0 Å². The van der Waals surface area contributed by atoms with Gasteiger partial charge in [-0.2, -0.15) is 0 Å². The molecule has 3 fully saturated rings. The summed E-state index contributed by atoms with van der Waals surface area (Å²) in [6.45, 7) is 4.90. The molecule has 0 bridgehead atoms. The number of aliphatic hydroxyl groups is 2. The number of fused-ring (bicyclic) bond motifs is 5. The van der Waals surface area contributed by atoms with Gasteiger partial charge in [0.05, 0.1) is 11.7 Å². The molecule has 7 atom stereocenters. The molecule has 0 aromatic rings. The summed E-state index contributed by atoms with van der Waals surface area (Å²) in [5, 5.41) is 21.5. The third kappa shape index (κ3) is 2.43. The molecule has 0 saturated heterocycles. The molecule has 2 nitrogen and oxygen atoms in total. The highest BCUT2D eigenvalue weighted by atomic mass is 16.3. The summed E-state index contributed by atoms with van der Waals surface area (Å²) in [7, 11) is 0. The Morgan fingerprint density at radius 2 is 1.92 bits per heavy atom. The lowest BCUT2D eigenvalue weighted by atomic mass is 9.49. The number of rotatable bonds is 3. The van der Waals surface area contributed by atoms with Crippen LogP contribution >= 0.6 is 0 Å². The summed E-state index contributed by atoms with van der Waals surface area (Å²) in [6.07, 6.45) is 14.9. The van der Waals surface area contributed by atoms with Crippen LogP contribution in [0.2, 0.25) is 0 Å². The van der Waals surface area contributed by atoms with Gasteiger partial charge in [-0.15, -0.1) is 0 Å². The predicted molar refractivity (Wildman–Crippen MR) is 97.6 cm³/mol. The molecule has 136 valence electrons. The maximum absolute atomic E-state index is 11.5. The Bertz CT molecular complexity index is 512. The third-order valence-electron chi connectivity index (χ3n) is 8.67. The molecule has 0 unspecified atom stereocenters. The van der Waals surface area contributed by atoms with E-state index in [1.54, 1.807) is 0 Å². The van der Waals surface area contributed by atoms with Crippen molar-refractivity contribution in [2.24, 2.45) is 29.1 Å². The molecule has 24 heavy (non-hydrogen) atoms. The maximum atomic E-state index is 11.5. The van der Waals surface area contributed by atoms with E-state index < -0.39 is 5.60 Å². The molecule has 0 spiro atoms. The van der Waals surface area contributed by atoms with Crippen LogP contribution < -0.4 is 0 Å². The van der Waals surface area contributed by atoms with Crippen LogP contribution in [0.15, 0.2) is 11.6 Å². The largest absolute Gasteiger partial charge is 0.389 e. The van der Waals surface area contributed by atoms with Crippen molar-refractivity contribution in [3.8, 4) is 0 Å². The molecule has 2 heteroatoms. The first kappa shape index (κ1) is 17.1. The first-order chi connectivity index (χ1) is 11.5. The zero-order valence-corrected chi connectivity index (χ0v) is 15.6. The van der Waals surface area contributed by atoms with Gasteiger partial charge in [-0.25, -0.2) is 0 Å². The van der Waals surface area contributed by atoms with Crippen molar-refractivity contribution in [3.05, 3.63) is 11.6 Å². The Morgan fingerprint density at radius 1 is 1.08 bits per heavy atom. The van der Waals surface area contributed by atoms with Crippen molar-refractivity contribution in [2.45, 2.75) is 96.2 Å². The lowest BCUT2D eigenvalue weighted by Gasteiger charge is -2.57. The second-order valence-electron chi connectivity index (χ2n) is 9.60. The van der Waals surface area contributed by atoms with Crippen LogP contribution in [-0.2, 0) is 0 Å². The highest BCUT2D eigenvalue weighted by Crippen LogP contribution is 2.65. The summed E-state index contributed by atoms with van der Waals surface area (Å²) in [5.41, 5.74) is 1.11. The first-order valence-electron chi connectivity index (χ1n) is 10.6. The first-order valence-corrected chi connectivity index (χ1v) is 10.6. The molecule has 0 radical (unpaired) electrons. The Kier molecular flexibility index (Phi) is 4.36. The Balaban J connectivity index is 1.58. The number of hydrogen-bond donors (Lipinski definition) is 2. The van der Waals surface area contributed by atoms with Crippen LogP contribution in [0.5, 0.6) is 0 Å². The monoisotopic (exact) mass is 332 g/mol. The number of unbranched alkanes of at least 4 members (excludes halogenated alkanes) is 1. The van der Waals surface area contributed by atoms with E-state index in [2.05, 4.69) is 13.8 Å². The Labute approximate surface area is 147 Å². The quantitative estimate of drug-likeness (QED) is 0.726. The minimum absolute atomic E-state index is 0.324. The zero-order valence-electron chi connectivity index (χ0n) is 15.6. The van der Waals surface area contributed by atoms with Crippen molar-refractivity contribution in [3.63, 3.8) is 0 Å². The van der Waals surface area contributed by atoms with Crippen molar-refractivity contribution < 1.29 is 10.2 Å². The van der Waals surface area contributed by atoms with Crippen molar-refractivity contribution in [1.82, 2.24) is 0 Å². The van der Waals surface area contributed by atoms with Crippen molar-refractivity contribution >= 4 is 0 Å². The minimum Gasteiger partial charge on any atom is -0.389 e. The third-order valence-corrected chi connectivity index (χ3v) is 8.67. The van der Waals surface area contributed by atoms with E-state index in [1.165, 1.54) is 56.9 Å². The van der Waals surface area contributed by atoms with Gasteiger partial charge < -0.3 is 10.2 Å². The molecule has 0 amide bonds. The fourth-order valence-corrected chi connectivity index (χ4v) is 7.35. The molecule has 4 aliphatic rings. The van der Waals surface area contributed by atoms with Gasteiger partial charge in [0.25, 0.3) is 0 Å². The second-order valence-corrected chi connectivity index (χ2v) is 9.60. The molecule has 2 N–H and O–H groups in total. The summed E-state index contributed by atoms with van der Waals surface area (Å²) in [4.78, 5) is 0. The second kappa shape index (κ2) is 6.13. The topological polar surface area (TPSA) is 40.5 Å². The average molecular weight is 333 g/mol. The molecule has 4 rings (SSSR count). The Hall–Kier alpha value is -0.340. The van der Waals surface area contributed by atoms with Crippen molar-refractivity contribution in [2.75, 3.05) is 0 Å². The molecule has 0 aromatic heterocycles. The van der Waals surface area contributed by atoms with Gasteiger partial charge in [0.1, 0.15) is 0 Å². The normalized spacial score (nSPS) is 50.7. The predicted octanol–water partition coefficient (Wildman–Crippen LogP) is 4.84. The van der Waals surface area contributed by atoms with Gasteiger partial charge in [-0.3, -0.25) is 0 Å². The summed E-state index contributed by atoms with van der Waals surface area (Å²) in [5.74, 6) is 2.92. The van der Waals surface area contributed by atoms with Crippen molar-refractivity contribution in [1.29, 1.82) is 0 Å². The zero-order chi connectivity index (χ0) is 16.9. The van der Waals surface area contributed by atoms with Gasteiger partial charge in [0.15, 0.2) is 0 Å². The van der Waals surface area contributed by atoms with Crippen LogP contribution in [-0.4, -0.2) is 21.9 Å². The van der Waals surface area contributed by atoms with Crippen LogP contribution in [0.3, 0.4) is 0 Å². The lowest BCUT2D eigenvalue weighted by Crippen LogP contribution is -2.55. The molecule has 4 aliphatic carbocycles. The van der Waals surface area contributed by atoms with E-state index in [-0.39, 0.29) is 6.10 Å². The van der Waals surface area contributed by atoms with E-state index in [0.29, 0.717) is 17.3 Å². The Morgan fingerprint density at radius 3 is 2.71 bits per heavy atom. The number of hydrogen-bond acceptors (Lipinski definition) is 2. The van der Waals surface area contributed by atoms with Gasteiger partial charge >= 0.3 is 0 Å². The van der Waals surface area contributed by atoms with Crippen LogP contribution in [0.1, 0.15) is 84.5 Å². The lowest BCUT2D eigenvalue weighted by molar-refractivity contribution is -0.112. The molecule has 3 saturated carbocycles. The molecule has 0 aromatic carbocycles. The standard InChI is InChI=1S/C22H36O2/c1-3-4-5-15-7-9-19-18-8-6-16-14-17(23)10-13-22(16,24)20(18)11-12-21(15,19)2/h14-15,17-20,23-24H,3-13H2,1-2H3/t15-,17-,18-,19-,20-,21+,22+/m0/s1. The minimum atomic E-state index is -0.592. The highest BCUT2D eigenvalue weighted by molar-refractivity contribution is 5.28. The fraction of sp³-hybridized carbons (Fsp3) is 0.909. The van der Waals surface area contributed by atoms with E-state index in [0.717, 1.165) is 31.1 Å². The SMILES string of the molecule is CCCC[C@H]1CC[C@H]2[C@@H]3CCC4=C[C@@H](O)CC[C@]4(O)[C@H]3CC[C@]12C. The maximum Gasteiger partial charge on any atom is 0.0889 e. The highest BCUT2D eigenvalue weighted by Gasteiger charge is 2.59. The fourth-order valence-electron chi connectivity index (χ4n) is 7.35. The summed E-state index contributed by atoms with van der Waals surface area (Å²) < 4.78 is 0. The van der Waals surface area contributed by atoms with Crippen LogP contribution in [0.25, 0.3) is 0 Å². The number of aliphatic hydroxyl groups excluding tert-OH is 1.